The standard InChI is InChI=1S/C21H21NO5/c1-25-17-8-9-19(26-2)16(13-17)7-10-21(24)27-14-20(23)22-12-11-15-5-3-4-6-18(15)22/h3-10,13H,11-12,14H2,1-2H3/b10-7+. The number of hydrogen-bond donors (Lipinski definition) is 0. The average molecular weight is 367 g/mol. The smallest absolute Gasteiger partial charge is 0.331 e. The van der Waals surface area contributed by atoms with E-state index >= 15 is 0 Å². The number of carbonyl (C=O) groups is 2. The second-order valence-electron chi connectivity index (χ2n) is 5.97. The van der Waals surface area contributed by atoms with Crippen LogP contribution >= 0.6 is 0 Å². The van der Waals surface area contributed by atoms with Gasteiger partial charge >= 0.3 is 5.97 Å². The summed E-state index contributed by atoms with van der Waals surface area (Å²) in [5, 5.41) is 0. The molecule has 140 valence electrons. The van der Waals surface area contributed by atoms with Gasteiger partial charge in [0.05, 0.1) is 14.2 Å². The van der Waals surface area contributed by atoms with Gasteiger partial charge in [0.15, 0.2) is 6.61 Å². The quantitative estimate of drug-likeness (QED) is 0.580. The van der Waals surface area contributed by atoms with Crippen LogP contribution in [0.25, 0.3) is 6.08 Å². The van der Waals surface area contributed by atoms with Crippen LogP contribution in [0.2, 0.25) is 0 Å². The molecular formula is C21H21NO5. The number of carbonyl (C=O) groups excluding carboxylic acids is 2. The third-order valence-electron chi connectivity index (χ3n) is 4.36. The fourth-order valence-electron chi connectivity index (χ4n) is 2.98. The molecule has 1 amide bonds. The van der Waals surface area contributed by atoms with Crippen molar-refractivity contribution in [1.29, 1.82) is 0 Å². The van der Waals surface area contributed by atoms with Gasteiger partial charge in [-0.15, -0.1) is 0 Å². The van der Waals surface area contributed by atoms with Crippen molar-refractivity contribution < 1.29 is 23.8 Å². The topological polar surface area (TPSA) is 65.1 Å². The van der Waals surface area contributed by atoms with Gasteiger partial charge in [-0.25, -0.2) is 4.79 Å². The highest BCUT2D eigenvalue weighted by molar-refractivity contribution is 5.98. The van der Waals surface area contributed by atoms with Crippen LogP contribution < -0.4 is 14.4 Å². The molecule has 6 nitrogen and oxygen atoms in total. The normalized spacial score (nSPS) is 12.7. The lowest BCUT2D eigenvalue weighted by Gasteiger charge is -2.16. The molecule has 6 heteroatoms. The molecule has 0 unspecified atom stereocenters. The summed E-state index contributed by atoms with van der Waals surface area (Å²) in [7, 11) is 3.11. The third kappa shape index (κ3) is 4.28. The first kappa shape index (κ1) is 18.5. The lowest BCUT2D eigenvalue weighted by atomic mass is 10.1. The van der Waals surface area contributed by atoms with Gasteiger partial charge < -0.3 is 19.1 Å². The van der Waals surface area contributed by atoms with E-state index in [0.717, 1.165) is 17.7 Å². The van der Waals surface area contributed by atoms with Gasteiger partial charge in [0.25, 0.3) is 5.91 Å². The van der Waals surface area contributed by atoms with Gasteiger partial charge in [-0.1, -0.05) is 18.2 Å². The summed E-state index contributed by atoms with van der Waals surface area (Å²) >= 11 is 0. The fraction of sp³-hybridized carbons (Fsp3) is 0.238. The molecule has 0 bridgehead atoms. The number of ether oxygens (including phenoxy) is 3. The number of fused-ring (bicyclic) bond motifs is 1. The third-order valence-corrected chi connectivity index (χ3v) is 4.36. The summed E-state index contributed by atoms with van der Waals surface area (Å²) in [5.41, 5.74) is 2.69. The lowest BCUT2D eigenvalue weighted by molar-refractivity contribution is -0.142. The molecule has 0 N–H and O–H groups in total. The van der Waals surface area contributed by atoms with E-state index in [0.29, 0.717) is 23.6 Å². The number of para-hydroxylation sites is 1. The van der Waals surface area contributed by atoms with Crippen molar-refractivity contribution in [3.63, 3.8) is 0 Å². The van der Waals surface area contributed by atoms with Gasteiger partial charge in [0, 0.05) is 23.9 Å². The molecule has 1 aliphatic heterocycles. The number of nitrogens with zero attached hydrogens (tertiary/aromatic N) is 1. The first-order valence-electron chi connectivity index (χ1n) is 8.57. The highest BCUT2D eigenvalue weighted by Gasteiger charge is 2.24. The Morgan fingerprint density at radius 1 is 1.11 bits per heavy atom. The SMILES string of the molecule is COc1ccc(OC)c(/C=C/C(=O)OCC(=O)N2CCc3ccccc32)c1. The number of hydrogen-bond acceptors (Lipinski definition) is 5. The Balaban J connectivity index is 1.59. The van der Waals surface area contributed by atoms with Crippen molar-refractivity contribution in [2.45, 2.75) is 6.42 Å². The minimum Gasteiger partial charge on any atom is -0.497 e. The van der Waals surface area contributed by atoms with Crippen LogP contribution in [0.15, 0.2) is 48.5 Å². The van der Waals surface area contributed by atoms with Crippen molar-refractivity contribution in [3.05, 3.63) is 59.7 Å². The van der Waals surface area contributed by atoms with Crippen LogP contribution in [0.5, 0.6) is 11.5 Å². The Bertz CT molecular complexity index is 875. The van der Waals surface area contributed by atoms with E-state index in [1.807, 2.05) is 24.3 Å². The highest BCUT2D eigenvalue weighted by Crippen LogP contribution is 2.27. The molecule has 1 heterocycles. The maximum atomic E-state index is 12.4. The molecule has 0 fully saturated rings. The summed E-state index contributed by atoms with van der Waals surface area (Å²) in [4.78, 5) is 26.0. The molecule has 0 spiro atoms. The molecule has 0 aliphatic carbocycles. The van der Waals surface area contributed by atoms with E-state index in [2.05, 4.69) is 0 Å². The molecule has 2 aromatic carbocycles. The fourth-order valence-corrected chi connectivity index (χ4v) is 2.98. The summed E-state index contributed by atoms with van der Waals surface area (Å²) in [6, 6.07) is 13.0. The van der Waals surface area contributed by atoms with Crippen LogP contribution in [0.3, 0.4) is 0 Å². The predicted molar refractivity (Wildman–Crippen MR) is 102 cm³/mol. The van der Waals surface area contributed by atoms with E-state index in [9.17, 15) is 9.59 Å². The number of anilines is 1. The van der Waals surface area contributed by atoms with Crippen LogP contribution in [0.4, 0.5) is 5.69 Å². The predicted octanol–water partition coefficient (Wildman–Crippen LogP) is 2.85. The van der Waals surface area contributed by atoms with Crippen LogP contribution in [-0.4, -0.2) is 39.2 Å². The molecule has 0 atom stereocenters. The molecule has 3 rings (SSSR count). The Morgan fingerprint density at radius 3 is 2.70 bits per heavy atom. The zero-order valence-electron chi connectivity index (χ0n) is 15.3. The molecule has 1 aliphatic rings. The van der Waals surface area contributed by atoms with Crippen molar-refractivity contribution in [2.75, 3.05) is 32.3 Å². The van der Waals surface area contributed by atoms with E-state index in [4.69, 9.17) is 14.2 Å². The zero-order chi connectivity index (χ0) is 19.2. The minimum absolute atomic E-state index is 0.235. The number of amides is 1. The van der Waals surface area contributed by atoms with E-state index in [1.165, 1.54) is 6.08 Å². The van der Waals surface area contributed by atoms with E-state index in [1.54, 1.807) is 43.4 Å². The number of benzene rings is 2. The molecule has 0 saturated carbocycles. The molecule has 0 aromatic heterocycles. The first-order valence-corrected chi connectivity index (χ1v) is 8.57. The first-order chi connectivity index (χ1) is 13.1. The molecule has 27 heavy (non-hydrogen) atoms. The minimum atomic E-state index is -0.597. The van der Waals surface area contributed by atoms with Crippen LogP contribution in [0, 0.1) is 0 Å². The van der Waals surface area contributed by atoms with Crippen LogP contribution in [0.1, 0.15) is 11.1 Å². The maximum absolute atomic E-state index is 12.4. The van der Waals surface area contributed by atoms with Crippen LogP contribution in [-0.2, 0) is 20.7 Å². The monoisotopic (exact) mass is 367 g/mol. The summed E-state index contributed by atoms with van der Waals surface area (Å²) in [5.74, 6) is 0.414. The maximum Gasteiger partial charge on any atom is 0.331 e. The highest BCUT2D eigenvalue weighted by atomic mass is 16.5. The number of esters is 1. The largest absolute Gasteiger partial charge is 0.497 e. The van der Waals surface area contributed by atoms with Crippen molar-refractivity contribution >= 4 is 23.6 Å². The Kier molecular flexibility index (Phi) is 5.76. The average Bonchev–Trinajstić information content (AvgIpc) is 3.14. The Labute approximate surface area is 158 Å². The van der Waals surface area contributed by atoms with Gasteiger partial charge in [-0.05, 0) is 42.3 Å². The molecular weight excluding hydrogens is 346 g/mol. The van der Waals surface area contributed by atoms with Gasteiger partial charge in [0.1, 0.15) is 11.5 Å². The number of rotatable bonds is 6. The Morgan fingerprint density at radius 2 is 1.93 bits per heavy atom. The molecule has 0 saturated heterocycles. The van der Waals surface area contributed by atoms with Gasteiger partial charge in [0.2, 0.25) is 0 Å². The second-order valence-corrected chi connectivity index (χ2v) is 5.97. The summed E-state index contributed by atoms with van der Waals surface area (Å²) < 4.78 is 15.5. The van der Waals surface area contributed by atoms with Crippen molar-refractivity contribution in [3.8, 4) is 11.5 Å². The number of methoxy groups -OCH3 is 2. The lowest BCUT2D eigenvalue weighted by Crippen LogP contribution is -2.33. The van der Waals surface area contributed by atoms with Gasteiger partial charge in [-0.2, -0.15) is 0 Å². The molecule has 0 radical (unpaired) electrons. The van der Waals surface area contributed by atoms with Crippen molar-refractivity contribution in [1.82, 2.24) is 0 Å². The van der Waals surface area contributed by atoms with Gasteiger partial charge in [-0.3, -0.25) is 4.79 Å². The van der Waals surface area contributed by atoms with Crippen molar-refractivity contribution in [2.24, 2.45) is 0 Å². The van der Waals surface area contributed by atoms with E-state index < -0.39 is 5.97 Å². The summed E-state index contributed by atoms with van der Waals surface area (Å²) in [6.45, 7) is 0.305. The Hall–Kier alpha value is -3.28. The second kappa shape index (κ2) is 8.40. The van der Waals surface area contributed by atoms with E-state index in [-0.39, 0.29) is 12.5 Å². The summed E-state index contributed by atoms with van der Waals surface area (Å²) in [6.07, 6.45) is 3.65. The molecule has 2 aromatic rings. The zero-order valence-corrected chi connectivity index (χ0v) is 15.3.